The number of hydrogen-bond donors (Lipinski definition) is 1. The van der Waals surface area contributed by atoms with Gasteiger partial charge in [-0.1, -0.05) is 6.92 Å². The molecule has 1 aliphatic rings. The number of nitrogens with one attached hydrogen (secondary N) is 1. The molecule has 2 aromatic heterocycles. The van der Waals surface area contributed by atoms with Gasteiger partial charge in [-0.3, -0.25) is 0 Å². The molecule has 1 fully saturated rings. The SMILES string of the molecule is CCc1cc2c(NC3CCCN(C)C3)nc(Cl)nc2s1. The van der Waals surface area contributed by atoms with Crippen LogP contribution in [0.3, 0.4) is 0 Å². The summed E-state index contributed by atoms with van der Waals surface area (Å²) in [5, 5.41) is 4.99. The third-order valence-electron chi connectivity index (χ3n) is 3.73. The van der Waals surface area contributed by atoms with Crippen molar-refractivity contribution in [2.75, 3.05) is 25.5 Å². The molecule has 4 nitrogen and oxygen atoms in total. The van der Waals surface area contributed by atoms with Crippen molar-refractivity contribution in [3.63, 3.8) is 0 Å². The topological polar surface area (TPSA) is 41.0 Å². The number of fused-ring (bicyclic) bond motifs is 1. The number of piperidine rings is 1. The first kappa shape index (κ1) is 14.0. The van der Waals surface area contributed by atoms with Crippen molar-refractivity contribution in [2.45, 2.75) is 32.2 Å². The molecular formula is C14H19ClN4S. The third-order valence-corrected chi connectivity index (χ3v) is 5.07. The fourth-order valence-electron chi connectivity index (χ4n) is 2.71. The van der Waals surface area contributed by atoms with E-state index in [1.807, 2.05) is 0 Å². The van der Waals surface area contributed by atoms with E-state index in [2.05, 4.69) is 40.2 Å². The molecule has 1 unspecified atom stereocenters. The average molecular weight is 311 g/mol. The van der Waals surface area contributed by atoms with E-state index in [-0.39, 0.29) is 0 Å². The predicted octanol–water partition coefficient (Wildman–Crippen LogP) is 3.41. The largest absolute Gasteiger partial charge is 0.365 e. The molecule has 3 heterocycles. The summed E-state index contributed by atoms with van der Waals surface area (Å²) in [6.07, 6.45) is 3.42. The molecule has 0 amide bonds. The van der Waals surface area contributed by atoms with E-state index in [0.717, 1.165) is 29.0 Å². The van der Waals surface area contributed by atoms with Crippen molar-refractivity contribution >= 4 is 39.0 Å². The van der Waals surface area contributed by atoms with Gasteiger partial charge in [-0.2, -0.15) is 0 Å². The maximum atomic E-state index is 6.06. The molecule has 0 spiro atoms. The minimum absolute atomic E-state index is 0.327. The van der Waals surface area contributed by atoms with Crippen LogP contribution in [0, 0.1) is 0 Å². The normalized spacial score (nSPS) is 20.4. The van der Waals surface area contributed by atoms with Crippen LogP contribution < -0.4 is 5.32 Å². The Hall–Kier alpha value is -0.910. The molecule has 20 heavy (non-hydrogen) atoms. The molecule has 0 saturated carbocycles. The minimum Gasteiger partial charge on any atom is -0.365 e. The van der Waals surface area contributed by atoms with Crippen molar-refractivity contribution in [1.29, 1.82) is 0 Å². The van der Waals surface area contributed by atoms with Crippen molar-refractivity contribution in [3.8, 4) is 0 Å². The number of likely N-dealkylation sites (N-methyl/N-ethyl adjacent to an activating group) is 1. The molecule has 0 bridgehead atoms. The smallest absolute Gasteiger partial charge is 0.225 e. The number of likely N-dealkylation sites (tertiary alicyclic amines) is 1. The summed E-state index contributed by atoms with van der Waals surface area (Å²) >= 11 is 7.76. The standard InChI is InChI=1S/C14H19ClN4S/c1-3-10-7-11-12(17-14(15)18-13(11)20-10)16-9-5-4-6-19(2)8-9/h7,9H,3-6,8H2,1-2H3,(H,16,17,18). The van der Waals surface area contributed by atoms with Gasteiger partial charge in [0.25, 0.3) is 0 Å². The number of anilines is 1. The molecule has 1 N–H and O–H groups in total. The Balaban J connectivity index is 1.91. The van der Waals surface area contributed by atoms with Crippen molar-refractivity contribution in [1.82, 2.24) is 14.9 Å². The summed E-state index contributed by atoms with van der Waals surface area (Å²) in [5.41, 5.74) is 0. The minimum atomic E-state index is 0.327. The van der Waals surface area contributed by atoms with Gasteiger partial charge in [0.05, 0.1) is 5.39 Å². The second kappa shape index (κ2) is 5.84. The van der Waals surface area contributed by atoms with E-state index in [1.54, 1.807) is 11.3 Å². The van der Waals surface area contributed by atoms with Crippen LogP contribution in [0.2, 0.25) is 5.28 Å². The van der Waals surface area contributed by atoms with E-state index in [1.165, 1.54) is 24.3 Å². The summed E-state index contributed by atoms with van der Waals surface area (Å²) < 4.78 is 0. The van der Waals surface area contributed by atoms with Crippen LogP contribution in [0.15, 0.2) is 6.07 Å². The van der Waals surface area contributed by atoms with Crippen molar-refractivity contribution in [2.24, 2.45) is 0 Å². The van der Waals surface area contributed by atoms with Gasteiger partial charge in [-0.15, -0.1) is 11.3 Å². The van der Waals surface area contributed by atoms with E-state index < -0.39 is 0 Å². The second-order valence-electron chi connectivity index (χ2n) is 5.37. The van der Waals surface area contributed by atoms with Gasteiger partial charge in [-0.25, -0.2) is 9.97 Å². The highest BCUT2D eigenvalue weighted by Gasteiger charge is 2.19. The van der Waals surface area contributed by atoms with E-state index in [4.69, 9.17) is 11.6 Å². The van der Waals surface area contributed by atoms with Crippen LogP contribution in [0.25, 0.3) is 10.2 Å². The van der Waals surface area contributed by atoms with Gasteiger partial charge < -0.3 is 10.2 Å². The van der Waals surface area contributed by atoms with Crippen LogP contribution in [0.4, 0.5) is 5.82 Å². The van der Waals surface area contributed by atoms with E-state index >= 15 is 0 Å². The number of aryl methyl sites for hydroxylation is 1. The molecule has 0 radical (unpaired) electrons. The van der Waals surface area contributed by atoms with Gasteiger partial charge in [0.2, 0.25) is 5.28 Å². The molecule has 2 aromatic rings. The lowest BCUT2D eigenvalue weighted by Gasteiger charge is -2.30. The summed E-state index contributed by atoms with van der Waals surface area (Å²) in [7, 11) is 2.16. The molecule has 1 saturated heterocycles. The number of halogens is 1. The molecule has 1 atom stereocenters. The Morgan fingerprint density at radius 2 is 2.35 bits per heavy atom. The Morgan fingerprint density at radius 3 is 3.10 bits per heavy atom. The van der Waals surface area contributed by atoms with Crippen molar-refractivity contribution < 1.29 is 0 Å². The first-order chi connectivity index (χ1) is 9.65. The Labute approximate surface area is 128 Å². The average Bonchev–Trinajstić information content (AvgIpc) is 2.82. The van der Waals surface area contributed by atoms with Gasteiger partial charge in [-0.05, 0) is 50.5 Å². The van der Waals surface area contributed by atoms with Gasteiger partial charge in [0, 0.05) is 17.5 Å². The Morgan fingerprint density at radius 1 is 1.50 bits per heavy atom. The van der Waals surface area contributed by atoms with E-state index in [9.17, 15) is 0 Å². The highest BCUT2D eigenvalue weighted by Crippen LogP contribution is 2.31. The zero-order valence-electron chi connectivity index (χ0n) is 11.8. The molecule has 108 valence electrons. The quantitative estimate of drug-likeness (QED) is 0.882. The second-order valence-corrected chi connectivity index (χ2v) is 6.83. The zero-order chi connectivity index (χ0) is 14.1. The number of aromatic nitrogens is 2. The molecule has 3 rings (SSSR count). The lowest BCUT2D eigenvalue weighted by atomic mass is 10.1. The fraction of sp³-hybridized carbons (Fsp3) is 0.571. The third kappa shape index (κ3) is 2.90. The molecule has 6 heteroatoms. The molecule has 1 aliphatic heterocycles. The Kier molecular flexibility index (Phi) is 4.10. The van der Waals surface area contributed by atoms with E-state index in [0.29, 0.717) is 11.3 Å². The predicted molar refractivity (Wildman–Crippen MR) is 85.9 cm³/mol. The number of thiophene rings is 1. The van der Waals surface area contributed by atoms with Crippen LogP contribution in [0.5, 0.6) is 0 Å². The lowest BCUT2D eigenvalue weighted by molar-refractivity contribution is 0.261. The summed E-state index contributed by atoms with van der Waals surface area (Å²) in [6, 6.07) is 2.62. The number of hydrogen-bond acceptors (Lipinski definition) is 5. The van der Waals surface area contributed by atoms with Crippen LogP contribution >= 0.6 is 22.9 Å². The van der Waals surface area contributed by atoms with Gasteiger partial charge in [0.1, 0.15) is 10.6 Å². The summed E-state index contributed by atoms with van der Waals surface area (Å²) in [4.78, 5) is 13.4. The van der Waals surface area contributed by atoms with Gasteiger partial charge in [0.15, 0.2) is 0 Å². The number of nitrogens with zero attached hydrogens (tertiary/aromatic N) is 3. The van der Waals surface area contributed by atoms with Crippen LogP contribution in [-0.2, 0) is 6.42 Å². The first-order valence-corrected chi connectivity index (χ1v) is 8.26. The molecular weight excluding hydrogens is 292 g/mol. The maximum absolute atomic E-state index is 6.06. The van der Waals surface area contributed by atoms with Gasteiger partial charge >= 0.3 is 0 Å². The summed E-state index contributed by atoms with van der Waals surface area (Å²) in [6.45, 7) is 4.38. The fourth-order valence-corrected chi connectivity index (χ4v) is 3.89. The number of rotatable bonds is 3. The summed E-state index contributed by atoms with van der Waals surface area (Å²) in [5.74, 6) is 0.885. The Bertz CT molecular complexity index is 612. The lowest BCUT2D eigenvalue weighted by Crippen LogP contribution is -2.39. The highest BCUT2D eigenvalue weighted by molar-refractivity contribution is 7.18. The van der Waals surface area contributed by atoms with Crippen LogP contribution in [0.1, 0.15) is 24.6 Å². The maximum Gasteiger partial charge on any atom is 0.225 e. The molecule has 0 aromatic carbocycles. The first-order valence-electron chi connectivity index (χ1n) is 7.06. The highest BCUT2D eigenvalue weighted by atomic mass is 35.5. The monoisotopic (exact) mass is 310 g/mol. The molecule has 0 aliphatic carbocycles. The van der Waals surface area contributed by atoms with Crippen LogP contribution in [-0.4, -0.2) is 41.0 Å². The zero-order valence-corrected chi connectivity index (χ0v) is 13.4. The van der Waals surface area contributed by atoms with Crippen molar-refractivity contribution in [3.05, 3.63) is 16.2 Å².